The molecule has 1 aromatic carbocycles. The van der Waals surface area contributed by atoms with Crippen LogP contribution in [0.15, 0.2) is 23.0 Å². The number of benzene rings is 1. The first-order valence-electron chi connectivity index (χ1n) is 6.71. The number of nitrogens with one attached hydrogen (secondary N) is 1. The molecule has 106 valence electrons. The van der Waals surface area contributed by atoms with E-state index in [1.807, 2.05) is 11.0 Å². The smallest absolute Gasteiger partial charge is 0.326 e. The van der Waals surface area contributed by atoms with Crippen molar-refractivity contribution in [3.8, 4) is 0 Å². The number of piperidine rings is 1. The number of hydrogen-bond donors (Lipinski definition) is 1. The molecule has 20 heavy (non-hydrogen) atoms. The van der Waals surface area contributed by atoms with Crippen molar-refractivity contribution in [3.05, 3.63) is 33.7 Å². The van der Waals surface area contributed by atoms with E-state index in [-0.39, 0.29) is 17.6 Å². The lowest BCUT2D eigenvalue weighted by molar-refractivity contribution is -0.130. The molecular weight excluding hydrogens is 278 g/mol. The van der Waals surface area contributed by atoms with Gasteiger partial charge in [0.25, 0.3) is 0 Å². The third-order valence-electron chi connectivity index (χ3n) is 3.95. The van der Waals surface area contributed by atoms with Crippen LogP contribution in [0.1, 0.15) is 25.8 Å². The van der Waals surface area contributed by atoms with Crippen molar-refractivity contribution < 1.29 is 4.79 Å². The molecule has 0 saturated carbocycles. The predicted octanol–water partition coefficient (Wildman–Crippen LogP) is 2.17. The predicted molar refractivity (Wildman–Crippen MR) is 78.1 cm³/mol. The molecule has 1 amide bonds. The molecule has 3 rings (SSSR count). The van der Waals surface area contributed by atoms with Crippen LogP contribution in [0.5, 0.6) is 0 Å². The minimum atomic E-state index is -0.108. The number of amides is 1. The minimum absolute atomic E-state index is 0.0986. The van der Waals surface area contributed by atoms with Crippen LogP contribution in [0, 0.1) is 0 Å². The maximum absolute atomic E-state index is 12.1. The highest BCUT2D eigenvalue weighted by Gasteiger charge is 2.24. The van der Waals surface area contributed by atoms with Gasteiger partial charge in [0.2, 0.25) is 5.91 Å². The number of aromatic nitrogens is 2. The summed E-state index contributed by atoms with van der Waals surface area (Å²) in [4.78, 5) is 28.2. The normalized spacial score (nSPS) is 16.8. The van der Waals surface area contributed by atoms with E-state index in [0.29, 0.717) is 18.1 Å². The molecule has 0 spiro atoms. The number of halogens is 1. The summed E-state index contributed by atoms with van der Waals surface area (Å²) in [5.74, 6) is 0.0986. The van der Waals surface area contributed by atoms with E-state index in [1.165, 1.54) is 0 Å². The van der Waals surface area contributed by atoms with Gasteiger partial charge < -0.3 is 9.88 Å². The molecule has 2 aromatic rings. The van der Waals surface area contributed by atoms with Gasteiger partial charge in [0.15, 0.2) is 0 Å². The molecule has 1 fully saturated rings. The number of fused-ring (bicyclic) bond motifs is 1. The summed E-state index contributed by atoms with van der Waals surface area (Å²) in [6.45, 7) is 2.99. The second-order valence-electron chi connectivity index (χ2n) is 5.20. The number of hydrogen-bond acceptors (Lipinski definition) is 2. The molecule has 1 saturated heterocycles. The highest BCUT2D eigenvalue weighted by Crippen LogP contribution is 2.26. The number of aromatic amines is 1. The average molecular weight is 294 g/mol. The van der Waals surface area contributed by atoms with Gasteiger partial charge in [-0.25, -0.2) is 4.79 Å². The fraction of sp³-hybridized carbons (Fsp3) is 0.429. The maximum atomic E-state index is 12.1. The lowest BCUT2D eigenvalue weighted by Crippen LogP contribution is -2.39. The summed E-state index contributed by atoms with van der Waals surface area (Å²) in [7, 11) is 0. The Morgan fingerprint density at radius 2 is 2.05 bits per heavy atom. The Balaban J connectivity index is 1.93. The van der Waals surface area contributed by atoms with Crippen molar-refractivity contribution in [2.45, 2.75) is 25.8 Å². The Morgan fingerprint density at radius 3 is 2.70 bits per heavy atom. The van der Waals surface area contributed by atoms with Gasteiger partial charge in [-0.2, -0.15) is 0 Å². The molecule has 1 aliphatic rings. The number of rotatable bonds is 1. The lowest BCUT2D eigenvalue weighted by atomic mass is 10.0. The molecule has 1 aliphatic heterocycles. The number of carbonyl (C=O) groups excluding carboxylic acids is 1. The second kappa shape index (κ2) is 4.98. The Kier molecular flexibility index (Phi) is 3.30. The molecule has 1 N–H and O–H groups in total. The van der Waals surface area contributed by atoms with Crippen molar-refractivity contribution in [3.63, 3.8) is 0 Å². The first kappa shape index (κ1) is 13.2. The molecule has 0 atom stereocenters. The Morgan fingerprint density at radius 1 is 1.35 bits per heavy atom. The summed E-state index contributed by atoms with van der Waals surface area (Å²) in [6.07, 6.45) is 1.60. The minimum Gasteiger partial charge on any atom is -0.343 e. The van der Waals surface area contributed by atoms with Gasteiger partial charge in [0.1, 0.15) is 0 Å². The number of imidazole rings is 1. The molecule has 5 nitrogen and oxygen atoms in total. The van der Waals surface area contributed by atoms with E-state index in [1.54, 1.807) is 23.6 Å². The summed E-state index contributed by atoms with van der Waals surface area (Å²) in [6, 6.07) is 5.55. The maximum Gasteiger partial charge on any atom is 0.326 e. The van der Waals surface area contributed by atoms with Crippen LogP contribution in [0.4, 0.5) is 0 Å². The zero-order valence-electron chi connectivity index (χ0n) is 11.2. The Labute approximate surface area is 121 Å². The van der Waals surface area contributed by atoms with Crippen molar-refractivity contribution >= 4 is 28.5 Å². The molecule has 2 heterocycles. The molecule has 0 radical (unpaired) electrons. The highest BCUT2D eigenvalue weighted by molar-refractivity contribution is 6.31. The number of likely N-dealkylation sites (tertiary alicyclic amines) is 1. The molecule has 0 bridgehead atoms. The van der Waals surface area contributed by atoms with Gasteiger partial charge in [0.05, 0.1) is 11.0 Å². The van der Waals surface area contributed by atoms with Crippen molar-refractivity contribution in [2.24, 2.45) is 0 Å². The van der Waals surface area contributed by atoms with Gasteiger partial charge in [-0.1, -0.05) is 11.6 Å². The Bertz CT molecular complexity index is 711. The van der Waals surface area contributed by atoms with E-state index < -0.39 is 0 Å². The fourth-order valence-electron chi connectivity index (χ4n) is 2.90. The first-order valence-corrected chi connectivity index (χ1v) is 7.09. The lowest BCUT2D eigenvalue weighted by Gasteiger charge is -2.31. The fourth-order valence-corrected chi connectivity index (χ4v) is 3.08. The zero-order chi connectivity index (χ0) is 14.3. The monoisotopic (exact) mass is 293 g/mol. The molecular formula is C14H16ClN3O2. The third kappa shape index (κ3) is 2.22. The van der Waals surface area contributed by atoms with E-state index in [0.717, 1.165) is 23.9 Å². The molecule has 1 aromatic heterocycles. The van der Waals surface area contributed by atoms with Crippen LogP contribution in [0.2, 0.25) is 5.02 Å². The second-order valence-corrected chi connectivity index (χ2v) is 5.64. The summed E-state index contributed by atoms with van der Waals surface area (Å²) < 4.78 is 1.79. The number of carbonyl (C=O) groups is 1. The van der Waals surface area contributed by atoms with Crippen LogP contribution in [-0.4, -0.2) is 33.4 Å². The summed E-state index contributed by atoms with van der Waals surface area (Å²) >= 11 is 5.94. The van der Waals surface area contributed by atoms with Crippen LogP contribution in [0.3, 0.4) is 0 Å². The SMILES string of the molecule is CC(=O)N1CCC(n2c(=O)[nH]c3cc(Cl)ccc32)CC1. The highest BCUT2D eigenvalue weighted by atomic mass is 35.5. The standard InChI is InChI=1S/C14H16ClN3O2/c1-9(19)17-6-4-11(5-7-17)18-13-3-2-10(15)8-12(13)16-14(18)20/h2-3,8,11H,4-7H2,1H3,(H,16,20). The van der Waals surface area contributed by atoms with Crippen LogP contribution < -0.4 is 5.69 Å². The molecule has 6 heteroatoms. The van der Waals surface area contributed by atoms with Gasteiger partial charge in [-0.05, 0) is 31.0 Å². The van der Waals surface area contributed by atoms with E-state index in [9.17, 15) is 9.59 Å². The largest absolute Gasteiger partial charge is 0.343 e. The van der Waals surface area contributed by atoms with Crippen molar-refractivity contribution in [2.75, 3.05) is 13.1 Å². The zero-order valence-corrected chi connectivity index (χ0v) is 12.0. The topological polar surface area (TPSA) is 58.1 Å². The van der Waals surface area contributed by atoms with Crippen LogP contribution >= 0.6 is 11.6 Å². The van der Waals surface area contributed by atoms with Gasteiger partial charge >= 0.3 is 5.69 Å². The van der Waals surface area contributed by atoms with Crippen LogP contribution in [0.25, 0.3) is 11.0 Å². The average Bonchev–Trinajstić information content (AvgIpc) is 2.73. The van der Waals surface area contributed by atoms with E-state index in [2.05, 4.69) is 4.98 Å². The van der Waals surface area contributed by atoms with E-state index in [4.69, 9.17) is 11.6 Å². The first-order chi connectivity index (χ1) is 9.56. The summed E-state index contributed by atoms with van der Waals surface area (Å²) in [5.41, 5.74) is 1.53. The van der Waals surface area contributed by atoms with Gasteiger partial charge in [-0.3, -0.25) is 9.36 Å². The third-order valence-corrected chi connectivity index (χ3v) is 4.19. The molecule has 0 aliphatic carbocycles. The van der Waals surface area contributed by atoms with Crippen molar-refractivity contribution in [1.82, 2.24) is 14.5 Å². The number of H-pyrrole nitrogens is 1. The van der Waals surface area contributed by atoms with E-state index >= 15 is 0 Å². The summed E-state index contributed by atoms with van der Waals surface area (Å²) in [5, 5.41) is 0.609. The molecule has 0 unspecified atom stereocenters. The Hall–Kier alpha value is -1.75. The van der Waals surface area contributed by atoms with Gasteiger partial charge in [-0.15, -0.1) is 0 Å². The van der Waals surface area contributed by atoms with Crippen LogP contribution in [-0.2, 0) is 4.79 Å². The quantitative estimate of drug-likeness (QED) is 0.876. The van der Waals surface area contributed by atoms with Crippen molar-refractivity contribution in [1.29, 1.82) is 0 Å². The number of nitrogens with zero attached hydrogens (tertiary/aromatic N) is 2. The van der Waals surface area contributed by atoms with Gasteiger partial charge in [0, 0.05) is 31.1 Å².